The van der Waals surface area contributed by atoms with Crippen molar-refractivity contribution >= 4 is 0 Å². The lowest BCUT2D eigenvalue weighted by atomic mass is 10.0. The molecule has 0 amide bonds. The van der Waals surface area contributed by atoms with E-state index >= 15 is 0 Å². The van der Waals surface area contributed by atoms with Crippen molar-refractivity contribution in [3.8, 4) is 0 Å². The maximum atomic E-state index is 3.29. The van der Waals surface area contributed by atoms with Crippen LogP contribution in [0.4, 0.5) is 0 Å². The van der Waals surface area contributed by atoms with E-state index in [-0.39, 0.29) is 0 Å². The minimum Gasteiger partial charge on any atom is -0.318 e. The Labute approximate surface area is 94.8 Å². The second-order valence-corrected chi connectivity index (χ2v) is 4.84. The fraction of sp³-hybridized carbons (Fsp3) is 1.00. The van der Waals surface area contributed by atoms with Crippen LogP contribution in [0.2, 0.25) is 0 Å². The van der Waals surface area contributed by atoms with E-state index < -0.39 is 0 Å². The molecule has 0 aromatic carbocycles. The molecule has 2 atom stereocenters. The minimum atomic E-state index is 0.687. The van der Waals surface area contributed by atoms with Crippen molar-refractivity contribution in [2.45, 2.75) is 38.3 Å². The lowest BCUT2D eigenvalue weighted by molar-refractivity contribution is 0.0966. The van der Waals surface area contributed by atoms with Gasteiger partial charge in [-0.05, 0) is 47.0 Å². The lowest BCUT2D eigenvalue weighted by Crippen LogP contribution is -2.51. The highest BCUT2D eigenvalue weighted by molar-refractivity contribution is 4.82. The highest BCUT2D eigenvalue weighted by atomic mass is 15.2. The Morgan fingerprint density at radius 1 is 1.53 bits per heavy atom. The van der Waals surface area contributed by atoms with Gasteiger partial charge >= 0.3 is 0 Å². The second kappa shape index (κ2) is 6.46. The van der Waals surface area contributed by atoms with Crippen LogP contribution >= 0.6 is 0 Å². The number of likely N-dealkylation sites (N-methyl/N-ethyl adjacent to an activating group) is 3. The molecule has 0 aromatic heterocycles. The molecule has 0 spiro atoms. The second-order valence-electron chi connectivity index (χ2n) is 4.84. The van der Waals surface area contributed by atoms with Gasteiger partial charge in [0.25, 0.3) is 0 Å². The van der Waals surface area contributed by atoms with Gasteiger partial charge < -0.3 is 10.2 Å². The molecule has 15 heavy (non-hydrogen) atoms. The number of hydrogen-bond acceptors (Lipinski definition) is 3. The first-order valence-electron chi connectivity index (χ1n) is 6.24. The Balaban J connectivity index is 2.45. The zero-order valence-corrected chi connectivity index (χ0v) is 10.8. The van der Waals surface area contributed by atoms with Crippen molar-refractivity contribution in [2.75, 3.05) is 40.8 Å². The number of rotatable bonds is 5. The van der Waals surface area contributed by atoms with Gasteiger partial charge in [0.05, 0.1) is 0 Å². The number of likely N-dealkylation sites (tertiary alicyclic amines) is 1. The van der Waals surface area contributed by atoms with Gasteiger partial charge in [0.2, 0.25) is 0 Å². The van der Waals surface area contributed by atoms with E-state index in [0.29, 0.717) is 6.04 Å². The monoisotopic (exact) mass is 213 g/mol. The molecule has 1 aliphatic rings. The standard InChI is InChI=1S/C12H27N3/c1-5-11(9-13-2)15(4)12-7-6-8-14(3)10-12/h11-13H,5-10H2,1-4H3. The SMILES string of the molecule is CCC(CNC)N(C)C1CCCN(C)C1. The summed E-state index contributed by atoms with van der Waals surface area (Å²) in [6.07, 6.45) is 3.94. The first kappa shape index (κ1) is 12.9. The first-order chi connectivity index (χ1) is 7.19. The fourth-order valence-electron chi connectivity index (χ4n) is 2.58. The van der Waals surface area contributed by atoms with Gasteiger partial charge in [-0.2, -0.15) is 0 Å². The van der Waals surface area contributed by atoms with Crippen LogP contribution < -0.4 is 5.32 Å². The average molecular weight is 213 g/mol. The van der Waals surface area contributed by atoms with Crippen LogP contribution in [0.3, 0.4) is 0 Å². The van der Waals surface area contributed by atoms with Crippen LogP contribution in [-0.4, -0.2) is 62.7 Å². The number of nitrogens with one attached hydrogen (secondary N) is 1. The highest BCUT2D eigenvalue weighted by Crippen LogP contribution is 2.16. The van der Waals surface area contributed by atoms with Gasteiger partial charge in [0.1, 0.15) is 0 Å². The van der Waals surface area contributed by atoms with Crippen LogP contribution in [0.25, 0.3) is 0 Å². The Morgan fingerprint density at radius 3 is 2.80 bits per heavy atom. The normalized spacial score (nSPS) is 25.8. The van der Waals surface area contributed by atoms with Crippen molar-refractivity contribution in [3.05, 3.63) is 0 Å². The third-order valence-corrected chi connectivity index (χ3v) is 3.66. The molecule has 0 aliphatic carbocycles. The Hall–Kier alpha value is -0.120. The molecule has 90 valence electrons. The van der Waals surface area contributed by atoms with Crippen LogP contribution in [0.5, 0.6) is 0 Å². The largest absolute Gasteiger partial charge is 0.318 e. The van der Waals surface area contributed by atoms with Crippen molar-refractivity contribution in [2.24, 2.45) is 0 Å². The zero-order valence-electron chi connectivity index (χ0n) is 10.8. The van der Waals surface area contributed by atoms with Gasteiger partial charge in [0, 0.05) is 25.2 Å². The van der Waals surface area contributed by atoms with E-state index in [1.165, 1.54) is 32.4 Å². The van der Waals surface area contributed by atoms with Crippen LogP contribution in [-0.2, 0) is 0 Å². The molecule has 1 saturated heterocycles. The van der Waals surface area contributed by atoms with E-state index in [1.54, 1.807) is 0 Å². The first-order valence-corrected chi connectivity index (χ1v) is 6.24. The van der Waals surface area contributed by atoms with E-state index in [2.05, 4.69) is 36.1 Å². The van der Waals surface area contributed by atoms with E-state index in [9.17, 15) is 0 Å². The summed E-state index contributed by atoms with van der Waals surface area (Å²) in [5.74, 6) is 0. The van der Waals surface area contributed by atoms with Crippen molar-refractivity contribution < 1.29 is 0 Å². The predicted octanol–water partition coefficient (Wildman–Crippen LogP) is 1.01. The van der Waals surface area contributed by atoms with Crippen molar-refractivity contribution in [1.29, 1.82) is 0 Å². The molecule has 1 fully saturated rings. The summed E-state index contributed by atoms with van der Waals surface area (Å²) in [5, 5.41) is 3.29. The van der Waals surface area contributed by atoms with Gasteiger partial charge in [-0.25, -0.2) is 0 Å². The maximum Gasteiger partial charge on any atom is 0.0223 e. The molecular formula is C12H27N3. The Morgan fingerprint density at radius 2 is 2.27 bits per heavy atom. The molecule has 1 aliphatic heterocycles. The molecular weight excluding hydrogens is 186 g/mol. The van der Waals surface area contributed by atoms with E-state index in [1.807, 2.05) is 7.05 Å². The summed E-state index contributed by atoms with van der Waals surface area (Å²) in [5.41, 5.74) is 0. The van der Waals surface area contributed by atoms with Crippen molar-refractivity contribution in [3.63, 3.8) is 0 Å². The summed E-state index contributed by atoms with van der Waals surface area (Å²) in [6.45, 7) is 5.89. The lowest BCUT2D eigenvalue weighted by Gasteiger charge is -2.39. The minimum absolute atomic E-state index is 0.687. The van der Waals surface area contributed by atoms with E-state index in [4.69, 9.17) is 0 Å². The smallest absolute Gasteiger partial charge is 0.0223 e. The summed E-state index contributed by atoms with van der Waals surface area (Å²) in [4.78, 5) is 5.03. The predicted molar refractivity (Wildman–Crippen MR) is 66.3 cm³/mol. The van der Waals surface area contributed by atoms with Gasteiger partial charge in [0.15, 0.2) is 0 Å². The quantitative estimate of drug-likeness (QED) is 0.735. The number of nitrogens with zero attached hydrogens (tertiary/aromatic N) is 2. The molecule has 1 rings (SSSR count). The molecule has 0 bridgehead atoms. The molecule has 1 N–H and O–H groups in total. The summed E-state index contributed by atoms with van der Waals surface area (Å²) in [6, 6.07) is 1.44. The molecule has 3 nitrogen and oxygen atoms in total. The molecule has 0 radical (unpaired) electrons. The van der Waals surface area contributed by atoms with Crippen LogP contribution in [0.1, 0.15) is 26.2 Å². The van der Waals surface area contributed by atoms with Gasteiger partial charge in [-0.3, -0.25) is 4.90 Å². The number of piperidine rings is 1. The Bertz CT molecular complexity index is 172. The number of hydrogen-bond donors (Lipinski definition) is 1. The molecule has 0 aromatic rings. The average Bonchev–Trinajstić information content (AvgIpc) is 2.25. The summed E-state index contributed by atoms with van der Waals surface area (Å²) in [7, 11) is 6.57. The van der Waals surface area contributed by atoms with Crippen LogP contribution in [0.15, 0.2) is 0 Å². The third-order valence-electron chi connectivity index (χ3n) is 3.66. The van der Waals surface area contributed by atoms with Gasteiger partial charge in [-0.1, -0.05) is 6.92 Å². The highest BCUT2D eigenvalue weighted by Gasteiger charge is 2.24. The van der Waals surface area contributed by atoms with E-state index in [0.717, 1.165) is 12.6 Å². The van der Waals surface area contributed by atoms with Crippen molar-refractivity contribution in [1.82, 2.24) is 15.1 Å². The van der Waals surface area contributed by atoms with Gasteiger partial charge in [-0.15, -0.1) is 0 Å². The summed E-state index contributed by atoms with van der Waals surface area (Å²) >= 11 is 0. The topological polar surface area (TPSA) is 18.5 Å². The molecule has 2 unspecified atom stereocenters. The maximum absolute atomic E-state index is 3.29. The molecule has 3 heteroatoms. The summed E-state index contributed by atoms with van der Waals surface area (Å²) < 4.78 is 0. The molecule has 0 saturated carbocycles. The molecule has 1 heterocycles. The fourth-order valence-corrected chi connectivity index (χ4v) is 2.58. The van der Waals surface area contributed by atoms with Crippen LogP contribution in [0, 0.1) is 0 Å². The third kappa shape index (κ3) is 3.74. The zero-order chi connectivity index (χ0) is 11.3. The Kier molecular flexibility index (Phi) is 5.58.